The van der Waals surface area contributed by atoms with Crippen molar-refractivity contribution in [3.63, 3.8) is 0 Å². The number of rotatable bonds is 9. The van der Waals surface area contributed by atoms with Crippen LogP contribution in [-0.4, -0.2) is 34.2 Å². The molecule has 0 radical (unpaired) electrons. The average Bonchev–Trinajstić information content (AvgIpc) is 3.21. The second kappa shape index (κ2) is 11.2. The normalized spacial score (nSPS) is 10.8. The summed E-state index contributed by atoms with van der Waals surface area (Å²) in [6.45, 7) is 2.15. The third-order valence-electron chi connectivity index (χ3n) is 5.08. The van der Waals surface area contributed by atoms with Crippen molar-refractivity contribution >= 4 is 29.3 Å². The van der Waals surface area contributed by atoms with Crippen molar-refractivity contribution in [1.82, 2.24) is 14.5 Å². The largest absolute Gasteiger partial charge is 0.497 e. The minimum Gasteiger partial charge on any atom is -0.497 e. The van der Waals surface area contributed by atoms with Crippen molar-refractivity contribution < 1.29 is 14.3 Å². The first-order chi connectivity index (χ1) is 16.6. The van der Waals surface area contributed by atoms with E-state index in [-0.39, 0.29) is 12.5 Å². The van der Waals surface area contributed by atoms with Crippen LogP contribution < -0.4 is 4.74 Å². The number of carbonyl (C=O) groups is 1. The van der Waals surface area contributed by atoms with Crippen LogP contribution in [0, 0.1) is 0 Å². The lowest BCUT2D eigenvalue weighted by atomic mass is 10.0. The first-order valence-electron chi connectivity index (χ1n) is 10.8. The maximum atomic E-state index is 12.6. The summed E-state index contributed by atoms with van der Waals surface area (Å²) in [5, 5.41) is 1.35. The molecule has 0 aliphatic heterocycles. The number of methoxy groups -OCH3 is 1. The summed E-state index contributed by atoms with van der Waals surface area (Å²) < 4.78 is 12.5. The SMILES string of the molecule is CCOC(=O)Cn1c(SCc2ccccn2)nc(-c2ccc(Cl)cc2)c1-c1ccc(OC)cc1. The van der Waals surface area contributed by atoms with Crippen LogP contribution in [0.2, 0.25) is 5.02 Å². The number of benzene rings is 2. The van der Waals surface area contributed by atoms with Crippen molar-refractivity contribution in [3.8, 4) is 28.3 Å². The van der Waals surface area contributed by atoms with E-state index < -0.39 is 0 Å². The van der Waals surface area contributed by atoms with Crippen LogP contribution in [0.1, 0.15) is 12.6 Å². The molecule has 0 saturated heterocycles. The molecule has 0 amide bonds. The van der Waals surface area contributed by atoms with Crippen LogP contribution in [0.4, 0.5) is 0 Å². The number of nitrogens with zero attached hydrogens (tertiary/aromatic N) is 3. The molecule has 0 spiro atoms. The fraction of sp³-hybridized carbons (Fsp3) is 0.192. The fourth-order valence-corrected chi connectivity index (χ4v) is 4.54. The second-order valence-electron chi connectivity index (χ2n) is 7.33. The number of esters is 1. The molecule has 6 nitrogen and oxygen atoms in total. The van der Waals surface area contributed by atoms with Gasteiger partial charge in [0, 0.05) is 28.1 Å². The van der Waals surface area contributed by atoms with Crippen LogP contribution >= 0.6 is 23.4 Å². The molecule has 8 heteroatoms. The van der Waals surface area contributed by atoms with E-state index in [1.807, 2.05) is 71.3 Å². The third-order valence-corrected chi connectivity index (χ3v) is 6.34. The summed E-state index contributed by atoms with van der Waals surface area (Å²) in [6, 6.07) is 21.0. The van der Waals surface area contributed by atoms with Gasteiger partial charge in [-0.05, 0) is 55.5 Å². The summed E-state index contributed by atoms with van der Waals surface area (Å²) in [7, 11) is 1.63. The molecule has 0 atom stereocenters. The number of imidazole rings is 1. The van der Waals surface area contributed by atoms with Gasteiger partial charge in [-0.15, -0.1) is 0 Å². The number of pyridine rings is 1. The topological polar surface area (TPSA) is 66.2 Å². The van der Waals surface area contributed by atoms with Gasteiger partial charge in [0.1, 0.15) is 12.3 Å². The molecule has 4 aromatic rings. The van der Waals surface area contributed by atoms with Gasteiger partial charge in [0.2, 0.25) is 0 Å². The summed E-state index contributed by atoms with van der Waals surface area (Å²) >= 11 is 7.66. The highest BCUT2D eigenvalue weighted by atomic mass is 35.5. The molecule has 0 bridgehead atoms. The Morgan fingerprint density at radius 2 is 1.76 bits per heavy atom. The zero-order chi connectivity index (χ0) is 23.9. The molecule has 0 N–H and O–H groups in total. The van der Waals surface area contributed by atoms with Crippen LogP contribution in [0.5, 0.6) is 5.75 Å². The second-order valence-corrected chi connectivity index (χ2v) is 8.71. The van der Waals surface area contributed by atoms with E-state index in [2.05, 4.69) is 4.98 Å². The minimum atomic E-state index is -0.322. The van der Waals surface area contributed by atoms with Crippen LogP contribution in [0.3, 0.4) is 0 Å². The van der Waals surface area contributed by atoms with Crippen molar-refractivity contribution in [2.24, 2.45) is 0 Å². The molecule has 0 aliphatic rings. The van der Waals surface area contributed by atoms with E-state index in [1.165, 1.54) is 11.8 Å². The minimum absolute atomic E-state index is 0.0420. The zero-order valence-electron chi connectivity index (χ0n) is 18.9. The first-order valence-corrected chi connectivity index (χ1v) is 12.1. The van der Waals surface area contributed by atoms with Gasteiger partial charge in [0.25, 0.3) is 0 Å². The highest BCUT2D eigenvalue weighted by Crippen LogP contribution is 2.37. The first kappa shape index (κ1) is 23.9. The summed E-state index contributed by atoms with van der Waals surface area (Å²) in [5.41, 5.74) is 4.32. The monoisotopic (exact) mass is 493 g/mol. The van der Waals surface area contributed by atoms with Crippen LogP contribution in [0.25, 0.3) is 22.5 Å². The van der Waals surface area contributed by atoms with Crippen molar-refractivity contribution in [3.05, 3.63) is 83.6 Å². The van der Waals surface area contributed by atoms with E-state index in [4.69, 9.17) is 26.1 Å². The smallest absolute Gasteiger partial charge is 0.326 e. The van der Waals surface area contributed by atoms with E-state index >= 15 is 0 Å². The fourth-order valence-electron chi connectivity index (χ4n) is 3.50. The molecule has 0 saturated carbocycles. The standard InChI is InChI=1S/C26H24ClN3O3S/c1-3-33-23(31)16-30-25(19-9-13-22(32-2)14-10-19)24(18-7-11-20(27)12-8-18)29-26(30)34-17-21-6-4-5-15-28-21/h4-15H,3,16-17H2,1-2H3. The number of ether oxygens (including phenoxy) is 2. The number of hydrogen-bond donors (Lipinski definition) is 0. The van der Waals surface area contributed by atoms with Gasteiger partial charge in [-0.2, -0.15) is 0 Å². The van der Waals surface area contributed by atoms with Gasteiger partial charge in [-0.25, -0.2) is 4.98 Å². The predicted octanol–water partition coefficient (Wildman–Crippen LogP) is 6.13. The number of thioether (sulfide) groups is 1. The number of halogens is 1. The zero-order valence-corrected chi connectivity index (χ0v) is 20.5. The Morgan fingerprint density at radius 1 is 1.03 bits per heavy atom. The predicted molar refractivity (Wildman–Crippen MR) is 135 cm³/mol. The van der Waals surface area contributed by atoms with E-state index in [0.29, 0.717) is 22.5 Å². The van der Waals surface area contributed by atoms with Gasteiger partial charge in [-0.3, -0.25) is 9.78 Å². The van der Waals surface area contributed by atoms with E-state index in [0.717, 1.165) is 34.0 Å². The molecule has 2 heterocycles. The number of carbonyl (C=O) groups excluding carboxylic acids is 1. The van der Waals surface area contributed by atoms with Gasteiger partial charge in [-0.1, -0.05) is 41.6 Å². The van der Waals surface area contributed by atoms with Crippen LogP contribution in [-0.2, 0) is 21.8 Å². The maximum Gasteiger partial charge on any atom is 0.326 e. The Morgan fingerprint density at radius 3 is 2.41 bits per heavy atom. The van der Waals surface area contributed by atoms with Gasteiger partial charge >= 0.3 is 5.97 Å². The van der Waals surface area contributed by atoms with Gasteiger partial charge < -0.3 is 14.0 Å². The van der Waals surface area contributed by atoms with Crippen molar-refractivity contribution in [2.75, 3.05) is 13.7 Å². The molecular weight excluding hydrogens is 470 g/mol. The van der Waals surface area contributed by atoms with Gasteiger partial charge in [0.05, 0.1) is 30.8 Å². The Hall–Kier alpha value is -3.29. The molecule has 4 rings (SSSR count). The molecule has 2 aromatic carbocycles. The average molecular weight is 494 g/mol. The quantitative estimate of drug-likeness (QED) is 0.206. The number of hydrogen-bond acceptors (Lipinski definition) is 6. The molecule has 174 valence electrons. The van der Waals surface area contributed by atoms with Crippen molar-refractivity contribution in [1.29, 1.82) is 0 Å². The maximum absolute atomic E-state index is 12.6. The molecule has 0 aliphatic carbocycles. The molecule has 0 fully saturated rings. The third kappa shape index (κ3) is 5.61. The molecule has 2 aromatic heterocycles. The van der Waals surface area contributed by atoms with Crippen molar-refractivity contribution in [2.45, 2.75) is 24.4 Å². The molecular formula is C26H24ClN3O3S. The highest BCUT2D eigenvalue weighted by Gasteiger charge is 2.23. The van der Waals surface area contributed by atoms with E-state index in [1.54, 1.807) is 20.2 Å². The molecule has 0 unspecified atom stereocenters. The Bertz CT molecular complexity index is 1240. The number of aromatic nitrogens is 3. The summed E-state index contributed by atoms with van der Waals surface area (Å²) in [6.07, 6.45) is 1.77. The van der Waals surface area contributed by atoms with E-state index in [9.17, 15) is 4.79 Å². The Labute approximate surface area is 207 Å². The lowest BCUT2D eigenvalue weighted by Crippen LogP contribution is -2.15. The lowest BCUT2D eigenvalue weighted by Gasteiger charge is -2.13. The van der Waals surface area contributed by atoms with Gasteiger partial charge in [0.15, 0.2) is 5.16 Å². The summed E-state index contributed by atoms with van der Waals surface area (Å²) in [4.78, 5) is 22.0. The Balaban J connectivity index is 1.84. The molecule has 34 heavy (non-hydrogen) atoms. The Kier molecular flexibility index (Phi) is 7.87. The summed E-state index contributed by atoms with van der Waals surface area (Å²) in [5.74, 6) is 1.04. The lowest BCUT2D eigenvalue weighted by molar-refractivity contribution is -0.143. The highest BCUT2D eigenvalue weighted by molar-refractivity contribution is 7.98. The van der Waals surface area contributed by atoms with Crippen LogP contribution in [0.15, 0.2) is 78.1 Å².